The smallest absolute Gasteiger partial charge is 0.248 e. The van der Waals surface area contributed by atoms with Crippen LogP contribution in [0.25, 0.3) is 6.08 Å². The fourth-order valence-electron chi connectivity index (χ4n) is 2.23. The molecule has 1 N–H and O–H groups in total. The molecule has 2 aromatic carbocycles. The number of unbranched alkanes of at least 4 members (excludes halogenated alkanes) is 1. The molecule has 2 aromatic rings. The van der Waals surface area contributed by atoms with E-state index in [1.165, 1.54) is 6.08 Å². The highest BCUT2D eigenvalue weighted by Crippen LogP contribution is 2.20. The fraction of sp³-hybridized carbons (Fsp3) is 0.286. The minimum atomic E-state index is -0.187. The Hall–Kier alpha value is -2.75. The second-order valence-corrected chi connectivity index (χ2v) is 5.52. The number of carbonyl (C=O) groups is 1. The molecule has 0 saturated heterocycles. The van der Waals surface area contributed by atoms with Gasteiger partial charge in [0.2, 0.25) is 5.91 Å². The average molecular weight is 339 g/mol. The zero-order valence-electron chi connectivity index (χ0n) is 14.8. The monoisotopic (exact) mass is 339 g/mol. The fourth-order valence-corrected chi connectivity index (χ4v) is 2.23. The Morgan fingerprint density at radius 2 is 1.80 bits per heavy atom. The number of benzene rings is 2. The third-order valence-corrected chi connectivity index (χ3v) is 3.52. The molecule has 4 nitrogen and oxygen atoms in total. The van der Waals surface area contributed by atoms with Crippen LogP contribution in [-0.4, -0.2) is 19.1 Å². The zero-order valence-corrected chi connectivity index (χ0v) is 14.8. The lowest BCUT2D eigenvalue weighted by molar-refractivity contribution is -0.111. The standard InChI is InChI=1S/C21H25NO3/c1-3-5-16-25-20-9-7-6-8-17(20)10-15-21(23)22-18-11-13-19(14-12-18)24-4-2/h6-15H,3-5,16H2,1-2H3,(H,22,23). The average Bonchev–Trinajstić information content (AvgIpc) is 2.63. The van der Waals surface area contributed by atoms with Gasteiger partial charge < -0.3 is 14.8 Å². The summed E-state index contributed by atoms with van der Waals surface area (Å²) >= 11 is 0. The van der Waals surface area contributed by atoms with Gasteiger partial charge in [0, 0.05) is 17.3 Å². The lowest BCUT2D eigenvalue weighted by atomic mass is 10.2. The third-order valence-electron chi connectivity index (χ3n) is 3.52. The van der Waals surface area contributed by atoms with E-state index in [0.29, 0.717) is 13.2 Å². The van der Waals surface area contributed by atoms with Crippen LogP contribution in [0.1, 0.15) is 32.3 Å². The summed E-state index contributed by atoms with van der Waals surface area (Å²) in [5.41, 5.74) is 1.62. The van der Waals surface area contributed by atoms with Gasteiger partial charge >= 0.3 is 0 Å². The first kappa shape index (κ1) is 18.6. The lowest BCUT2D eigenvalue weighted by Crippen LogP contribution is -2.07. The van der Waals surface area contributed by atoms with Crippen molar-refractivity contribution in [3.05, 3.63) is 60.2 Å². The van der Waals surface area contributed by atoms with Crippen LogP contribution in [-0.2, 0) is 4.79 Å². The van der Waals surface area contributed by atoms with Crippen LogP contribution < -0.4 is 14.8 Å². The van der Waals surface area contributed by atoms with E-state index in [9.17, 15) is 4.79 Å². The van der Waals surface area contributed by atoms with Gasteiger partial charge in [0.25, 0.3) is 0 Å². The Morgan fingerprint density at radius 3 is 2.52 bits per heavy atom. The Labute approximate surface area is 149 Å². The molecule has 132 valence electrons. The van der Waals surface area contributed by atoms with Crippen molar-refractivity contribution in [2.75, 3.05) is 18.5 Å². The summed E-state index contributed by atoms with van der Waals surface area (Å²) in [6, 6.07) is 15.0. The van der Waals surface area contributed by atoms with E-state index in [0.717, 1.165) is 35.6 Å². The van der Waals surface area contributed by atoms with Crippen LogP contribution in [0.4, 0.5) is 5.69 Å². The number of para-hydroxylation sites is 1. The van der Waals surface area contributed by atoms with Crippen molar-refractivity contribution in [2.45, 2.75) is 26.7 Å². The summed E-state index contributed by atoms with van der Waals surface area (Å²) in [6.45, 7) is 5.36. The van der Waals surface area contributed by atoms with Gasteiger partial charge in [0.15, 0.2) is 0 Å². The van der Waals surface area contributed by atoms with Gasteiger partial charge in [-0.2, -0.15) is 0 Å². The molecule has 0 atom stereocenters. The molecule has 0 radical (unpaired) electrons. The Bertz CT molecular complexity index is 693. The molecular weight excluding hydrogens is 314 g/mol. The first-order valence-corrected chi connectivity index (χ1v) is 8.66. The number of rotatable bonds is 9. The predicted octanol–water partition coefficient (Wildman–Crippen LogP) is 4.92. The second kappa shape index (κ2) is 10.2. The minimum Gasteiger partial charge on any atom is -0.494 e. The topological polar surface area (TPSA) is 47.6 Å². The Balaban J connectivity index is 1.95. The number of anilines is 1. The number of amides is 1. The van der Waals surface area contributed by atoms with Gasteiger partial charge in [-0.1, -0.05) is 31.5 Å². The molecule has 0 aromatic heterocycles. The highest BCUT2D eigenvalue weighted by Gasteiger charge is 2.02. The number of hydrogen-bond donors (Lipinski definition) is 1. The molecule has 0 saturated carbocycles. The van der Waals surface area contributed by atoms with Gasteiger partial charge in [-0.3, -0.25) is 4.79 Å². The second-order valence-electron chi connectivity index (χ2n) is 5.52. The summed E-state index contributed by atoms with van der Waals surface area (Å²) in [5.74, 6) is 1.39. The quantitative estimate of drug-likeness (QED) is 0.521. The van der Waals surface area contributed by atoms with Crippen molar-refractivity contribution in [3.8, 4) is 11.5 Å². The maximum Gasteiger partial charge on any atom is 0.248 e. The molecule has 4 heteroatoms. The van der Waals surface area contributed by atoms with Crippen LogP contribution in [0.2, 0.25) is 0 Å². The normalized spacial score (nSPS) is 10.6. The molecule has 0 aliphatic rings. The van der Waals surface area contributed by atoms with Crippen LogP contribution in [0.15, 0.2) is 54.6 Å². The highest BCUT2D eigenvalue weighted by molar-refractivity contribution is 6.02. The number of carbonyl (C=O) groups excluding carboxylic acids is 1. The first-order valence-electron chi connectivity index (χ1n) is 8.66. The lowest BCUT2D eigenvalue weighted by Gasteiger charge is -2.08. The largest absolute Gasteiger partial charge is 0.494 e. The van der Waals surface area contributed by atoms with Crippen molar-refractivity contribution in [3.63, 3.8) is 0 Å². The van der Waals surface area contributed by atoms with Crippen LogP contribution in [0.5, 0.6) is 11.5 Å². The van der Waals surface area contributed by atoms with Crippen molar-refractivity contribution < 1.29 is 14.3 Å². The Kier molecular flexibility index (Phi) is 7.57. The van der Waals surface area contributed by atoms with E-state index in [4.69, 9.17) is 9.47 Å². The molecular formula is C21H25NO3. The molecule has 0 fully saturated rings. The zero-order chi connectivity index (χ0) is 17.9. The van der Waals surface area contributed by atoms with E-state index >= 15 is 0 Å². The van der Waals surface area contributed by atoms with Crippen LogP contribution in [0.3, 0.4) is 0 Å². The van der Waals surface area contributed by atoms with Crippen LogP contribution in [0, 0.1) is 0 Å². The van der Waals surface area contributed by atoms with Crippen molar-refractivity contribution >= 4 is 17.7 Å². The molecule has 0 spiro atoms. The van der Waals surface area contributed by atoms with E-state index in [1.807, 2.05) is 55.5 Å². The first-order chi connectivity index (χ1) is 12.2. The van der Waals surface area contributed by atoms with Crippen molar-refractivity contribution in [2.24, 2.45) is 0 Å². The van der Waals surface area contributed by atoms with E-state index < -0.39 is 0 Å². The van der Waals surface area contributed by atoms with Gasteiger partial charge in [-0.25, -0.2) is 0 Å². The Morgan fingerprint density at radius 1 is 1.04 bits per heavy atom. The number of hydrogen-bond acceptors (Lipinski definition) is 3. The van der Waals surface area contributed by atoms with Gasteiger partial charge in [0.05, 0.1) is 13.2 Å². The molecule has 0 bridgehead atoms. The highest BCUT2D eigenvalue weighted by atomic mass is 16.5. The molecule has 0 aliphatic heterocycles. The molecule has 0 aliphatic carbocycles. The predicted molar refractivity (Wildman–Crippen MR) is 102 cm³/mol. The van der Waals surface area contributed by atoms with Crippen LogP contribution >= 0.6 is 0 Å². The molecule has 25 heavy (non-hydrogen) atoms. The summed E-state index contributed by atoms with van der Waals surface area (Å²) in [7, 11) is 0. The van der Waals surface area contributed by atoms with E-state index in [1.54, 1.807) is 6.08 Å². The minimum absolute atomic E-state index is 0.187. The maximum atomic E-state index is 12.1. The summed E-state index contributed by atoms with van der Waals surface area (Å²) < 4.78 is 11.2. The summed E-state index contributed by atoms with van der Waals surface area (Å²) in [4.78, 5) is 12.1. The molecule has 1 amide bonds. The third kappa shape index (κ3) is 6.34. The molecule has 2 rings (SSSR count). The summed E-state index contributed by atoms with van der Waals surface area (Å²) in [5, 5.41) is 2.83. The number of nitrogens with one attached hydrogen (secondary N) is 1. The van der Waals surface area contributed by atoms with Gasteiger partial charge in [-0.05, 0) is 49.8 Å². The summed E-state index contributed by atoms with van der Waals surface area (Å²) in [6.07, 6.45) is 5.38. The maximum absolute atomic E-state index is 12.1. The van der Waals surface area contributed by atoms with Gasteiger partial charge in [-0.15, -0.1) is 0 Å². The van der Waals surface area contributed by atoms with Gasteiger partial charge in [0.1, 0.15) is 11.5 Å². The molecule has 0 unspecified atom stereocenters. The molecule has 0 heterocycles. The van der Waals surface area contributed by atoms with E-state index in [-0.39, 0.29) is 5.91 Å². The number of ether oxygens (including phenoxy) is 2. The SMILES string of the molecule is CCCCOc1ccccc1C=CC(=O)Nc1ccc(OCC)cc1. The van der Waals surface area contributed by atoms with E-state index in [2.05, 4.69) is 12.2 Å². The van der Waals surface area contributed by atoms with Crippen molar-refractivity contribution in [1.29, 1.82) is 0 Å². The van der Waals surface area contributed by atoms with Crippen molar-refractivity contribution in [1.82, 2.24) is 0 Å².